The third kappa shape index (κ3) is 5.29. The number of hydrogen-bond donors (Lipinski definition) is 1. The second-order valence-corrected chi connectivity index (χ2v) is 9.78. The Labute approximate surface area is 234 Å². The zero-order valence-corrected chi connectivity index (χ0v) is 22.4. The molecule has 1 saturated carbocycles. The van der Waals surface area contributed by atoms with Crippen molar-refractivity contribution in [3.05, 3.63) is 89.6 Å². The molecule has 4 aromatic rings. The fourth-order valence-corrected chi connectivity index (χ4v) is 4.85. The van der Waals surface area contributed by atoms with E-state index in [1.54, 1.807) is 26.0 Å². The van der Waals surface area contributed by atoms with Crippen LogP contribution in [0.25, 0.3) is 22.5 Å². The number of carbonyl (C=O) groups excluding carboxylic acids is 1. The number of ether oxygens (including phenoxy) is 1. The summed E-state index contributed by atoms with van der Waals surface area (Å²) in [7, 11) is 0. The third-order valence-electron chi connectivity index (χ3n) is 7.25. The van der Waals surface area contributed by atoms with E-state index >= 15 is 0 Å². The smallest absolute Gasteiger partial charge is 0.419 e. The summed E-state index contributed by atoms with van der Waals surface area (Å²) in [5.74, 6) is -0.614. The Morgan fingerprint density at radius 1 is 0.976 bits per heavy atom. The van der Waals surface area contributed by atoms with Crippen molar-refractivity contribution in [3.8, 4) is 22.5 Å². The van der Waals surface area contributed by atoms with E-state index in [1.165, 1.54) is 12.1 Å². The van der Waals surface area contributed by atoms with Gasteiger partial charge in [-0.25, -0.2) is 9.69 Å². The maximum absolute atomic E-state index is 13.5. The van der Waals surface area contributed by atoms with Gasteiger partial charge in [-0.1, -0.05) is 66.7 Å². The second-order valence-electron chi connectivity index (χ2n) is 9.78. The van der Waals surface area contributed by atoms with Crippen LogP contribution in [0, 0.1) is 0 Å². The minimum atomic E-state index is -4.61. The van der Waals surface area contributed by atoms with Crippen LogP contribution in [0.1, 0.15) is 43.5 Å². The molecule has 1 aliphatic carbocycles. The van der Waals surface area contributed by atoms with E-state index in [0.29, 0.717) is 30.5 Å². The number of hydrogen-bond acceptors (Lipinski definition) is 5. The van der Waals surface area contributed by atoms with Crippen LogP contribution in [0.2, 0.25) is 0 Å². The van der Waals surface area contributed by atoms with Gasteiger partial charge in [-0.05, 0) is 61.1 Å². The molecular formula is C31H27F3N2O5. The molecular weight excluding hydrogens is 537 g/mol. The highest BCUT2D eigenvalue weighted by Crippen LogP contribution is 2.48. The van der Waals surface area contributed by atoms with E-state index < -0.39 is 29.2 Å². The molecule has 0 saturated heterocycles. The number of rotatable bonds is 8. The van der Waals surface area contributed by atoms with Gasteiger partial charge in [-0.2, -0.15) is 13.2 Å². The Bertz CT molecular complexity index is 1570. The summed E-state index contributed by atoms with van der Waals surface area (Å²) in [6.45, 7) is 3.41. The van der Waals surface area contributed by atoms with Crippen LogP contribution in [-0.2, 0) is 27.5 Å². The number of anilines is 2. The first-order valence-electron chi connectivity index (χ1n) is 13.2. The van der Waals surface area contributed by atoms with Crippen LogP contribution in [0.15, 0.2) is 77.3 Å². The zero-order valence-electron chi connectivity index (χ0n) is 22.4. The summed E-state index contributed by atoms with van der Waals surface area (Å²) < 4.78 is 51.4. The third-order valence-corrected chi connectivity index (χ3v) is 7.25. The lowest BCUT2D eigenvalue weighted by Gasteiger charge is -2.23. The number of carboxylic acids is 1. The molecule has 41 heavy (non-hydrogen) atoms. The van der Waals surface area contributed by atoms with E-state index in [1.807, 2.05) is 36.4 Å². The number of benzene rings is 3. The molecule has 10 heteroatoms. The van der Waals surface area contributed by atoms with Crippen LogP contribution in [0.5, 0.6) is 0 Å². The van der Waals surface area contributed by atoms with Gasteiger partial charge in [0.2, 0.25) is 0 Å². The van der Waals surface area contributed by atoms with Gasteiger partial charge in [0, 0.05) is 5.56 Å². The number of amides is 1. The summed E-state index contributed by atoms with van der Waals surface area (Å²) in [5.41, 5.74) is 1.91. The highest BCUT2D eigenvalue weighted by Gasteiger charge is 2.51. The topological polar surface area (TPSA) is 92.9 Å². The standard InChI is InChI=1S/C31H27F3N2O5/c1-3-25-26(36(29(39)40-4-2)24-7-5-6-23(18-24)31(32,33)34)27(41-35-25)21-10-8-19(9-11-21)20-12-14-22(15-13-20)30(16-17-30)28(37)38/h5-15,18H,3-4,16-17H2,1-2H3,(H,37,38). The molecule has 1 fully saturated rings. The Morgan fingerprint density at radius 3 is 2.12 bits per heavy atom. The number of nitrogens with zero attached hydrogens (tertiary/aromatic N) is 2. The monoisotopic (exact) mass is 564 g/mol. The average Bonchev–Trinajstić information content (AvgIpc) is 3.68. The fourth-order valence-electron chi connectivity index (χ4n) is 4.85. The highest BCUT2D eigenvalue weighted by molar-refractivity contribution is 6.00. The van der Waals surface area contributed by atoms with Gasteiger partial charge in [0.15, 0.2) is 5.76 Å². The predicted octanol–water partition coefficient (Wildman–Crippen LogP) is 8.00. The quantitative estimate of drug-likeness (QED) is 0.233. The van der Waals surface area contributed by atoms with Crippen molar-refractivity contribution >= 4 is 23.4 Å². The van der Waals surface area contributed by atoms with Gasteiger partial charge in [0.1, 0.15) is 11.4 Å². The maximum Gasteiger partial charge on any atom is 0.419 e. The first-order chi connectivity index (χ1) is 19.6. The molecule has 0 radical (unpaired) electrons. The van der Waals surface area contributed by atoms with E-state index in [4.69, 9.17) is 9.26 Å². The van der Waals surface area contributed by atoms with Gasteiger partial charge in [-0.3, -0.25) is 4.79 Å². The molecule has 0 spiro atoms. The highest BCUT2D eigenvalue weighted by atomic mass is 19.4. The summed E-state index contributed by atoms with van der Waals surface area (Å²) in [5, 5.41) is 13.7. The number of alkyl halides is 3. The molecule has 1 aliphatic rings. The molecule has 1 N–H and O–H groups in total. The molecule has 0 atom stereocenters. The maximum atomic E-state index is 13.5. The lowest BCUT2D eigenvalue weighted by Crippen LogP contribution is -2.28. The van der Waals surface area contributed by atoms with Gasteiger partial charge in [0.05, 0.1) is 23.3 Å². The normalized spacial score (nSPS) is 14.0. The molecule has 1 amide bonds. The molecule has 5 rings (SSSR count). The SMILES string of the molecule is CCOC(=O)N(c1cccc(C(F)(F)F)c1)c1c(CC)noc1-c1ccc(-c2ccc(C3(C(=O)O)CC3)cc2)cc1. The van der Waals surface area contributed by atoms with Crippen LogP contribution in [-0.4, -0.2) is 28.9 Å². The molecule has 1 heterocycles. The molecule has 0 aliphatic heterocycles. The number of carbonyl (C=O) groups is 2. The molecule has 3 aromatic carbocycles. The van der Waals surface area contributed by atoms with Crippen LogP contribution in [0.3, 0.4) is 0 Å². The van der Waals surface area contributed by atoms with Crippen molar-refractivity contribution in [3.63, 3.8) is 0 Å². The van der Waals surface area contributed by atoms with Crippen molar-refractivity contribution in [2.75, 3.05) is 11.5 Å². The van der Waals surface area contributed by atoms with E-state index in [2.05, 4.69) is 5.16 Å². The van der Waals surface area contributed by atoms with Crippen LogP contribution >= 0.6 is 0 Å². The molecule has 0 bridgehead atoms. The van der Waals surface area contributed by atoms with Crippen molar-refractivity contribution < 1.29 is 37.1 Å². The number of carboxylic acid groups (broad SMARTS) is 1. The molecule has 212 valence electrons. The van der Waals surface area contributed by atoms with Crippen molar-refractivity contribution in [1.82, 2.24) is 5.16 Å². The van der Waals surface area contributed by atoms with Gasteiger partial charge in [0.25, 0.3) is 0 Å². The number of aliphatic carboxylic acids is 1. The van der Waals surface area contributed by atoms with Crippen molar-refractivity contribution in [2.45, 2.75) is 44.7 Å². The Hall–Kier alpha value is -4.60. The van der Waals surface area contributed by atoms with E-state index in [9.17, 15) is 27.9 Å². The molecule has 0 unspecified atom stereocenters. The lowest BCUT2D eigenvalue weighted by atomic mass is 9.93. The Balaban J connectivity index is 1.52. The minimum absolute atomic E-state index is 0.0113. The average molecular weight is 565 g/mol. The van der Waals surface area contributed by atoms with Crippen molar-refractivity contribution in [2.24, 2.45) is 0 Å². The first kappa shape index (κ1) is 27.9. The van der Waals surface area contributed by atoms with E-state index in [-0.39, 0.29) is 23.7 Å². The summed E-state index contributed by atoms with van der Waals surface area (Å²) in [4.78, 5) is 25.9. The van der Waals surface area contributed by atoms with Gasteiger partial charge >= 0.3 is 18.2 Å². The summed E-state index contributed by atoms with van der Waals surface area (Å²) in [6.07, 6.45) is -3.88. The van der Waals surface area contributed by atoms with Gasteiger partial charge < -0.3 is 14.4 Å². The lowest BCUT2D eigenvalue weighted by molar-refractivity contribution is -0.140. The molecule has 1 aromatic heterocycles. The predicted molar refractivity (Wildman–Crippen MR) is 146 cm³/mol. The largest absolute Gasteiger partial charge is 0.481 e. The van der Waals surface area contributed by atoms with Crippen LogP contribution < -0.4 is 4.90 Å². The molecule has 7 nitrogen and oxygen atoms in total. The number of halogens is 3. The fraction of sp³-hybridized carbons (Fsp3) is 0.258. The Kier molecular flexibility index (Phi) is 7.33. The number of aromatic nitrogens is 1. The number of aryl methyl sites for hydroxylation is 1. The summed E-state index contributed by atoms with van der Waals surface area (Å²) >= 11 is 0. The second kappa shape index (κ2) is 10.8. The van der Waals surface area contributed by atoms with Crippen molar-refractivity contribution in [1.29, 1.82) is 0 Å². The van der Waals surface area contributed by atoms with Gasteiger partial charge in [-0.15, -0.1) is 0 Å². The van der Waals surface area contributed by atoms with Crippen LogP contribution in [0.4, 0.5) is 29.3 Å². The van der Waals surface area contributed by atoms with E-state index in [0.717, 1.165) is 33.7 Å². The first-order valence-corrected chi connectivity index (χ1v) is 13.2. The minimum Gasteiger partial charge on any atom is -0.481 e. The Morgan fingerprint density at radius 2 is 1.59 bits per heavy atom. The summed E-state index contributed by atoms with van der Waals surface area (Å²) in [6, 6.07) is 19.1. The zero-order chi connectivity index (χ0) is 29.4.